The largest absolute Gasteiger partial charge is 0.508 e. The molecule has 0 saturated carbocycles. The lowest BCUT2D eigenvalue weighted by molar-refractivity contribution is -0.134. The molecule has 1 heterocycles. The minimum atomic E-state index is -1.19. The third-order valence-electron chi connectivity index (χ3n) is 8.49. The average Bonchev–Trinajstić information content (AvgIpc) is 3.12. The zero-order valence-corrected chi connectivity index (χ0v) is 29.2. The number of phenols is 1. The smallest absolute Gasteiger partial charge is 0.243 e. The van der Waals surface area contributed by atoms with Gasteiger partial charge in [0.15, 0.2) is 11.9 Å². The van der Waals surface area contributed by atoms with Crippen molar-refractivity contribution in [3.63, 3.8) is 0 Å². The second-order valence-electron chi connectivity index (χ2n) is 12.7. The number of benzene rings is 3. The molecular weight excluding hydrogens is 682 g/mol. The van der Waals surface area contributed by atoms with Gasteiger partial charge in [-0.25, -0.2) is 0 Å². The number of hydrogen-bond donors (Lipinski definition) is 10. The molecule has 53 heavy (non-hydrogen) atoms. The quantitative estimate of drug-likeness (QED) is 0.0585. The summed E-state index contributed by atoms with van der Waals surface area (Å²) in [4.78, 5) is 76.4. The Morgan fingerprint density at radius 3 is 1.68 bits per heavy atom. The number of nitrogens with two attached hydrogens (primary N) is 4. The Morgan fingerprint density at radius 2 is 1.09 bits per heavy atom. The Bertz CT molecular complexity index is 1820. The molecule has 1 aliphatic heterocycles. The maximum Gasteiger partial charge on any atom is 0.243 e. The summed E-state index contributed by atoms with van der Waals surface area (Å²) < 4.78 is 0. The van der Waals surface area contributed by atoms with Crippen LogP contribution in [0.3, 0.4) is 0 Å². The maximum atomic E-state index is 13.9. The monoisotopic (exact) mass is 729 g/mol. The van der Waals surface area contributed by atoms with E-state index in [2.05, 4.69) is 36.6 Å². The summed E-state index contributed by atoms with van der Waals surface area (Å²) >= 11 is 0. The fraction of sp³-hybridized carbons (Fsp3) is 0.361. The van der Waals surface area contributed by atoms with E-state index in [4.69, 9.17) is 22.9 Å². The first-order valence-electron chi connectivity index (χ1n) is 17.2. The molecule has 0 radical (unpaired) electrons. The number of hydrogen-bond acceptors (Lipinski definition) is 8. The molecule has 0 bridgehead atoms. The normalized spacial score (nSPS) is 20.0. The van der Waals surface area contributed by atoms with Crippen LogP contribution in [0.1, 0.15) is 36.8 Å². The maximum absolute atomic E-state index is 13.9. The molecule has 282 valence electrons. The first kappa shape index (κ1) is 39.4. The topological polar surface area (TPSA) is 295 Å². The Kier molecular flexibility index (Phi) is 14.3. The SMILES string of the molecule is NC(N)=NCCC[C@H]1NC(=O)[C@@H](Cc2ccc3ccccc3c2)NC(=O)CNC(=O)[C@@H](Cc2ccc(O)cc2)NC(=O)[C@@H](CCCN=C(N)N)NC1=O. The predicted molar refractivity (Wildman–Crippen MR) is 200 cm³/mol. The van der Waals surface area contributed by atoms with Gasteiger partial charge in [-0.1, -0.05) is 54.6 Å². The third-order valence-corrected chi connectivity index (χ3v) is 8.49. The Balaban J connectivity index is 1.68. The fourth-order valence-corrected chi connectivity index (χ4v) is 5.79. The van der Waals surface area contributed by atoms with Crippen molar-refractivity contribution in [2.45, 2.75) is 62.7 Å². The summed E-state index contributed by atoms with van der Waals surface area (Å²) in [5, 5.41) is 25.1. The highest BCUT2D eigenvalue weighted by Crippen LogP contribution is 2.17. The Hall–Kier alpha value is -6.39. The van der Waals surface area contributed by atoms with E-state index in [1.807, 2.05) is 42.5 Å². The molecule has 0 unspecified atom stereocenters. The summed E-state index contributed by atoms with van der Waals surface area (Å²) in [5.74, 6) is -3.66. The molecule has 0 aliphatic carbocycles. The van der Waals surface area contributed by atoms with Crippen LogP contribution in [0.4, 0.5) is 0 Å². The number of rotatable bonds is 12. The highest BCUT2D eigenvalue weighted by atomic mass is 16.3. The van der Waals surface area contributed by atoms with Crippen molar-refractivity contribution in [1.82, 2.24) is 26.6 Å². The number of nitrogens with one attached hydrogen (secondary N) is 5. The second kappa shape index (κ2) is 19.3. The lowest BCUT2D eigenvalue weighted by atomic mass is 10.0. The molecule has 4 rings (SSSR count). The molecular formula is C36H47N11O6. The molecule has 14 N–H and O–H groups in total. The summed E-state index contributed by atoms with van der Waals surface area (Å²) in [6.07, 6.45) is 0.769. The number of fused-ring (bicyclic) bond motifs is 1. The van der Waals surface area contributed by atoms with Crippen LogP contribution in [-0.4, -0.2) is 90.4 Å². The van der Waals surface area contributed by atoms with Crippen molar-refractivity contribution < 1.29 is 29.1 Å². The first-order valence-corrected chi connectivity index (χ1v) is 17.2. The van der Waals surface area contributed by atoms with Gasteiger partial charge in [0.1, 0.15) is 29.9 Å². The Morgan fingerprint density at radius 1 is 0.604 bits per heavy atom. The number of aliphatic imine (C=N–C) groups is 2. The standard InChI is InChI=1S/C36H47N11O6/c37-35(38)41-15-3-7-26-32(51)45-27(8-4-16-42-36(39)40)33(52)47-28(18-21-10-13-25(48)14-11-21)31(50)43-20-30(49)44-29(34(53)46-26)19-22-9-12-23-5-1-2-6-24(23)17-22/h1-2,5-6,9-14,17,26-29,48H,3-4,7-8,15-16,18-20H2,(H,43,50)(H,44,49)(H,45,51)(H,46,53)(H,47,52)(H4,37,38,41)(H4,39,40,42)/t26-,27-,28-,29-/m1/s1. The molecule has 3 aromatic carbocycles. The van der Waals surface area contributed by atoms with Crippen molar-refractivity contribution in [2.24, 2.45) is 32.9 Å². The van der Waals surface area contributed by atoms with Gasteiger partial charge in [0.25, 0.3) is 0 Å². The van der Waals surface area contributed by atoms with Crippen LogP contribution >= 0.6 is 0 Å². The minimum Gasteiger partial charge on any atom is -0.508 e. The van der Waals surface area contributed by atoms with E-state index >= 15 is 0 Å². The van der Waals surface area contributed by atoms with Gasteiger partial charge in [-0.05, 0) is 59.7 Å². The van der Waals surface area contributed by atoms with Crippen molar-refractivity contribution >= 4 is 52.2 Å². The van der Waals surface area contributed by atoms with Crippen molar-refractivity contribution in [1.29, 1.82) is 0 Å². The summed E-state index contributed by atoms with van der Waals surface area (Å²) in [7, 11) is 0. The molecule has 17 nitrogen and oxygen atoms in total. The van der Waals surface area contributed by atoms with E-state index in [9.17, 15) is 29.1 Å². The number of carbonyl (C=O) groups excluding carboxylic acids is 5. The van der Waals surface area contributed by atoms with E-state index < -0.39 is 60.2 Å². The number of guanidine groups is 2. The van der Waals surface area contributed by atoms with Crippen molar-refractivity contribution in [3.8, 4) is 5.75 Å². The van der Waals surface area contributed by atoms with Crippen LogP contribution in [0, 0.1) is 0 Å². The molecule has 3 aromatic rings. The van der Waals surface area contributed by atoms with E-state index in [0.717, 1.165) is 16.3 Å². The minimum absolute atomic E-state index is 0.00775. The summed E-state index contributed by atoms with van der Waals surface area (Å²) in [6.45, 7) is -0.194. The fourth-order valence-electron chi connectivity index (χ4n) is 5.79. The van der Waals surface area contributed by atoms with E-state index in [0.29, 0.717) is 5.56 Å². The van der Waals surface area contributed by atoms with Gasteiger partial charge in [-0.3, -0.25) is 34.0 Å². The van der Waals surface area contributed by atoms with E-state index in [-0.39, 0.29) is 69.3 Å². The number of aromatic hydroxyl groups is 1. The van der Waals surface area contributed by atoms with Crippen LogP contribution in [0.25, 0.3) is 10.8 Å². The second-order valence-corrected chi connectivity index (χ2v) is 12.7. The number of phenolic OH excluding ortho intramolecular Hbond substituents is 1. The van der Waals surface area contributed by atoms with Gasteiger partial charge in [-0.15, -0.1) is 0 Å². The predicted octanol–water partition coefficient (Wildman–Crippen LogP) is -1.49. The Labute approximate surface area is 306 Å². The molecule has 4 atom stereocenters. The molecule has 0 aromatic heterocycles. The molecule has 0 spiro atoms. The lowest BCUT2D eigenvalue weighted by Gasteiger charge is -2.26. The van der Waals surface area contributed by atoms with Gasteiger partial charge >= 0.3 is 0 Å². The number of carbonyl (C=O) groups is 5. The molecule has 1 fully saturated rings. The highest BCUT2D eigenvalue weighted by Gasteiger charge is 2.32. The summed E-state index contributed by atoms with van der Waals surface area (Å²) in [6, 6.07) is 14.7. The van der Waals surface area contributed by atoms with Gasteiger partial charge in [-0.2, -0.15) is 0 Å². The van der Waals surface area contributed by atoms with Gasteiger partial charge < -0.3 is 54.6 Å². The molecule has 5 amide bonds. The van der Waals surface area contributed by atoms with Gasteiger partial charge in [0, 0.05) is 25.9 Å². The molecule has 1 aliphatic rings. The zero-order valence-electron chi connectivity index (χ0n) is 29.2. The van der Waals surface area contributed by atoms with E-state index in [1.165, 1.54) is 12.1 Å². The first-order chi connectivity index (χ1) is 25.4. The summed E-state index contributed by atoms with van der Waals surface area (Å²) in [5.41, 5.74) is 23.2. The van der Waals surface area contributed by atoms with Crippen LogP contribution in [0.15, 0.2) is 76.7 Å². The molecule has 1 saturated heterocycles. The highest BCUT2D eigenvalue weighted by molar-refractivity contribution is 5.97. The van der Waals surface area contributed by atoms with Crippen LogP contribution in [0.2, 0.25) is 0 Å². The molecule has 17 heteroatoms. The van der Waals surface area contributed by atoms with Crippen LogP contribution in [0.5, 0.6) is 5.75 Å². The zero-order chi connectivity index (χ0) is 38.3. The average molecular weight is 730 g/mol. The van der Waals surface area contributed by atoms with Crippen molar-refractivity contribution in [2.75, 3.05) is 19.6 Å². The van der Waals surface area contributed by atoms with Crippen LogP contribution < -0.4 is 49.5 Å². The van der Waals surface area contributed by atoms with Crippen molar-refractivity contribution in [3.05, 3.63) is 77.9 Å². The van der Waals surface area contributed by atoms with Gasteiger partial charge in [0.05, 0.1) is 6.54 Å². The van der Waals surface area contributed by atoms with Crippen LogP contribution in [-0.2, 0) is 36.8 Å². The number of nitrogens with zero attached hydrogens (tertiary/aromatic N) is 2. The lowest BCUT2D eigenvalue weighted by Crippen LogP contribution is -2.58. The number of amides is 5. The van der Waals surface area contributed by atoms with Gasteiger partial charge in [0.2, 0.25) is 29.5 Å². The van der Waals surface area contributed by atoms with E-state index in [1.54, 1.807) is 12.1 Å². The third kappa shape index (κ3) is 12.7.